The number of aliphatic carboxylic acids is 1. The average molecular weight is 570 g/mol. The number of amides is 1. The van der Waals surface area contributed by atoms with Crippen LogP contribution in [0.15, 0.2) is 89.7 Å². The molecular weight excluding hydrogens is 541 g/mol. The first-order chi connectivity index (χ1) is 19.8. The first kappa shape index (κ1) is 28.3. The second-order valence-electron chi connectivity index (χ2n) is 10.9. The lowest BCUT2D eigenvalue weighted by atomic mass is 9.81. The number of nitrogens with zero attached hydrogens (tertiary/aromatic N) is 2. The van der Waals surface area contributed by atoms with E-state index < -0.39 is 40.5 Å². The number of carbonyl (C=O) groups excluding carboxylic acids is 2. The molecule has 42 heavy (non-hydrogen) atoms. The van der Waals surface area contributed by atoms with Gasteiger partial charge in [-0.1, -0.05) is 42.5 Å². The summed E-state index contributed by atoms with van der Waals surface area (Å²) in [4.78, 5) is 53.6. The van der Waals surface area contributed by atoms with E-state index in [0.29, 0.717) is 16.8 Å². The van der Waals surface area contributed by atoms with E-state index in [0.717, 1.165) is 12.1 Å². The number of carboxylic acid groups (broad SMARTS) is 1. The lowest BCUT2D eigenvalue weighted by Crippen LogP contribution is -2.68. The van der Waals surface area contributed by atoms with Crippen LogP contribution in [0.1, 0.15) is 53.4 Å². The van der Waals surface area contributed by atoms with E-state index in [2.05, 4.69) is 0 Å². The van der Waals surface area contributed by atoms with Gasteiger partial charge in [0.2, 0.25) is 0 Å². The van der Waals surface area contributed by atoms with E-state index in [1.165, 1.54) is 27.7 Å². The van der Waals surface area contributed by atoms with Crippen LogP contribution in [0, 0.1) is 5.82 Å². The summed E-state index contributed by atoms with van der Waals surface area (Å²) >= 11 is 0. The van der Waals surface area contributed by atoms with Crippen molar-refractivity contribution in [2.24, 2.45) is 0 Å². The quantitative estimate of drug-likeness (QED) is 0.302. The number of halogens is 1. The van der Waals surface area contributed by atoms with Crippen molar-refractivity contribution < 1.29 is 28.6 Å². The number of ketones is 1. The molecule has 0 saturated heterocycles. The monoisotopic (exact) mass is 569 g/mol. The van der Waals surface area contributed by atoms with E-state index in [1.54, 1.807) is 75.4 Å². The van der Waals surface area contributed by atoms with E-state index >= 15 is 0 Å². The maximum atomic E-state index is 14.0. The molecule has 2 aliphatic heterocycles. The fraction of sp³-hybridized carbons (Fsp3) is 0.188. The van der Waals surface area contributed by atoms with Gasteiger partial charge in [-0.05, 0) is 68.8 Å². The van der Waals surface area contributed by atoms with Gasteiger partial charge in [-0.25, -0.2) is 14.1 Å². The van der Waals surface area contributed by atoms with Crippen LogP contribution in [-0.4, -0.2) is 33.1 Å². The van der Waals surface area contributed by atoms with Crippen LogP contribution < -0.4 is 16.2 Å². The Kier molecular flexibility index (Phi) is 6.93. The van der Waals surface area contributed by atoms with Crippen molar-refractivity contribution in [2.45, 2.75) is 38.5 Å². The number of carbonyl (C=O) groups is 3. The van der Waals surface area contributed by atoms with Crippen molar-refractivity contribution in [1.82, 2.24) is 4.57 Å². The van der Waals surface area contributed by atoms with Gasteiger partial charge < -0.3 is 15.6 Å². The smallest absolute Gasteiger partial charge is 0.417 e. The van der Waals surface area contributed by atoms with Gasteiger partial charge in [0.25, 0.3) is 5.56 Å². The molecule has 1 unspecified atom stereocenters. The van der Waals surface area contributed by atoms with Gasteiger partial charge in [0.15, 0.2) is 11.4 Å². The second-order valence-corrected chi connectivity index (χ2v) is 10.9. The Hall–Kier alpha value is -5.25. The highest BCUT2D eigenvalue weighted by molar-refractivity contribution is 6.12. The Morgan fingerprint density at radius 2 is 1.60 bits per heavy atom. The third-order valence-electron chi connectivity index (χ3n) is 6.92. The number of nitrogens with two attached hydrogens (primary N) is 1. The number of ether oxygens (including phenoxy) is 1. The van der Waals surface area contributed by atoms with Gasteiger partial charge in [-0.2, -0.15) is 0 Å². The molecule has 0 radical (unpaired) electrons. The maximum absolute atomic E-state index is 14.0. The van der Waals surface area contributed by atoms with Crippen LogP contribution in [0.4, 0.5) is 20.7 Å². The predicted molar refractivity (Wildman–Crippen MR) is 154 cm³/mol. The molecule has 0 saturated carbocycles. The first-order valence-corrected chi connectivity index (χ1v) is 13.1. The highest BCUT2D eigenvalue weighted by atomic mass is 19.1. The highest BCUT2D eigenvalue weighted by Gasteiger charge is 2.57. The molecule has 0 fully saturated rings. The molecule has 9 nitrogen and oxygen atoms in total. The van der Waals surface area contributed by atoms with Crippen LogP contribution in [0.3, 0.4) is 0 Å². The number of pyridine rings is 1. The fourth-order valence-corrected chi connectivity index (χ4v) is 5.18. The molecule has 1 atom stereocenters. The Balaban J connectivity index is 1.74. The third-order valence-corrected chi connectivity index (χ3v) is 6.92. The highest BCUT2D eigenvalue weighted by Crippen LogP contribution is 2.47. The van der Waals surface area contributed by atoms with Gasteiger partial charge in [0.05, 0.1) is 23.2 Å². The molecule has 3 N–H and O–H groups in total. The molecule has 2 bridgehead atoms. The summed E-state index contributed by atoms with van der Waals surface area (Å²) in [6.07, 6.45) is -1.03. The number of carboxylic acids is 1. The summed E-state index contributed by atoms with van der Waals surface area (Å²) in [5.74, 6) is -2.24. The lowest BCUT2D eigenvalue weighted by molar-refractivity contribution is -0.136. The topological polar surface area (TPSA) is 132 Å². The third kappa shape index (κ3) is 4.70. The van der Waals surface area contributed by atoms with Crippen molar-refractivity contribution >= 4 is 29.4 Å². The zero-order chi connectivity index (χ0) is 30.4. The number of hydrogen-bond acceptors (Lipinski definition) is 6. The Morgan fingerprint density at radius 3 is 2.14 bits per heavy atom. The van der Waals surface area contributed by atoms with E-state index in [9.17, 15) is 28.7 Å². The van der Waals surface area contributed by atoms with Crippen molar-refractivity contribution in [2.75, 3.05) is 10.6 Å². The molecule has 0 spiro atoms. The van der Waals surface area contributed by atoms with Crippen LogP contribution in [-0.2, 0) is 21.6 Å². The zero-order valence-electron chi connectivity index (χ0n) is 23.1. The number of hydrogen-bond donors (Lipinski definition) is 2. The average Bonchev–Trinajstić information content (AvgIpc) is 2.93. The zero-order valence-corrected chi connectivity index (χ0v) is 23.1. The molecule has 1 amide bonds. The molecule has 3 aromatic carbocycles. The van der Waals surface area contributed by atoms with Gasteiger partial charge in [-0.15, -0.1) is 0 Å². The van der Waals surface area contributed by atoms with Gasteiger partial charge in [0, 0.05) is 11.1 Å². The van der Waals surface area contributed by atoms with Crippen molar-refractivity contribution in [1.29, 1.82) is 0 Å². The molecule has 6 rings (SSSR count). The SMILES string of the molecule is CC(C)(C)OC(=O)N(c1ccc(CC(=O)O)cc1)C1(c2ccccc2)c2cc(C(=O)c3ccc(F)cc3)c(N)n1c2=O. The van der Waals surface area contributed by atoms with Crippen LogP contribution >= 0.6 is 0 Å². The lowest BCUT2D eigenvalue weighted by Gasteiger charge is -2.51. The van der Waals surface area contributed by atoms with Gasteiger partial charge in [0.1, 0.15) is 17.2 Å². The summed E-state index contributed by atoms with van der Waals surface area (Å²) in [6, 6.07) is 21.3. The Bertz CT molecular complexity index is 1760. The predicted octanol–water partition coefficient (Wildman–Crippen LogP) is 4.93. The summed E-state index contributed by atoms with van der Waals surface area (Å²) in [5, 5.41) is 9.22. The largest absolute Gasteiger partial charge is 0.481 e. The minimum absolute atomic E-state index is 0.0173. The number of benzene rings is 3. The summed E-state index contributed by atoms with van der Waals surface area (Å²) in [7, 11) is 0. The molecular formula is C32H28FN3O6. The van der Waals surface area contributed by atoms with Crippen LogP contribution in [0.25, 0.3) is 0 Å². The number of fused-ring (bicyclic) bond motifs is 2. The molecule has 10 heteroatoms. The van der Waals surface area contributed by atoms with Gasteiger partial charge >= 0.3 is 12.1 Å². The number of aromatic nitrogens is 1. The molecule has 3 heterocycles. The standard InChI is InChI=1S/C32H28FN3O6/c1-31(2,3)42-30(41)35(23-15-9-19(10-16-23)17-26(37)38)32(21-7-5-4-6-8-21)25-18-24(28(34)36(32)29(25)40)27(39)20-11-13-22(33)14-12-20/h4-16,18H,17,34H2,1-3H3,(H,37,38). The summed E-state index contributed by atoms with van der Waals surface area (Å²) in [5.41, 5.74) is 5.06. The summed E-state index contributed by atoms with van der Waals surface area (Å²) < 4.78 is 20.5. The van der Waals surface area contributed by atoms with Crippen LogP contribution in [0.5, 0.6) is 0 Å². The second kappa shape index (κ2) is 10.3. The first-order valence-electron chi connectivity index (χ1n) is 13.1. The van der Waals surface area contributed by atoms with Crippen molar-refractivity contribution in [3.63, 3.8) is 0 Å². The molecule has 0 aliphatic carbocycles. The maximum Gasteiger partial charge on any atom is 0.417 e. The van der Waals surface area contributed by atoms with E-state index in [1.807, 2.05) is 0 Å². The van der Waals surface area contributed by atoms with E-state index in [-0.39, 0.29) is 28.9 Å². The number of nitrogen functional groups attached to an aromatic ring is 1. The Morgan fingerprint density at radius 1 is 0.976 bits per heavy atom. The normalized spacial score (nSPS) is 15.4. The molecule has 1 aromatic heterocycles. The number of rotatable bonds is 7. The van der Waals surface area contributed by atoms with Crippen molar-refractivity contribution in [3.8, 4) is 0 Å². The minimum Gasteiger partial charge on any atom is -0.481 e. The van der Waals surface area contributed by atoms with E-state index in [4.69, 9.17) is 10.5 Å². The fourth-order valence-electron chi connectivity index (χ4n) is 5.18. The van der Waals surface area contributed by atoms with Gasteiger partial charge in [-0.3, -0.25) is 19.0 Å². The Labute approximate surface area is 240 Å². The molecule has 214 valence electrons. The summed E-state index contributed by atoms with van der Waals surface area (Å²) in [6.45, 7) is 5.11. The number of anilines is 2. The minimum atomic E-state index is -1.63. The molecule has 2 aliphatic rings. The van der Waals surface area contributed by atoms with Crippen molar-refractivity contribution in [3.05, 3.63) is 129 Å². The molecule has 4 aromatic rings. The van der Waals surface area contributed by atoms with Crippen LogP contribution in [0.2, 0.25) is 0 Å².